The molecule has 2 N–H and O–H groups in total. The van der Waals surface area contributed by atoms with Crippen LogP contribution in [0.5, 0.6) is 0 Å². The van der Waals surface area contributed by atoms with Crippen molar-refractivity contribution in [1.29, 1.82) is 10.5 Å². The first-order valence-electron chi connectivity index (χ1n) is 7.47. The molecule has 0 radical (unpaired) electrons. The largest absolute Gasteiger partial charge is 0.382 e. The van der Waals surface area contributed by atoms with Crippen LogP contribution in [0.15, 0.2) is 40.3 Å². The zero-order chi connectivity index (χ0) is 15.6. The molecule has 3 rings (SSSR count). The monoisotopic (exact) mass is 291 g/mol. The van der Waals surface area contributed by atoms with Gasteiger partial charge in [-0.2, -0.15) is 10.5 Å². The lowest BCUT2D eigenvalue weighted by Gasteiger charge is -2.32. The second-order valence-electron chi connectivity index (χ2n) is 5.85. The van der Waals surface area contributed by atoms with E-state index in [0.717, 1.165) is 25.7 Å². The molecule has 1 aromatic carbocycles. The van der Waals surface area contributed by atoms with E-state index in [2.05, 4.69) is 34.3 Å². The summed E-state index contributed by atoms with van der Waals surface area (Å²) in [4.78, 5) is 9.07. The van der Waals surface area contributed by atoms with Gasteiger partial charge in [0, 0.05) is 0 Å². The zero-order valence-corrected chi connectivity index (χ0v) is 12.2. The third kappa shape index (κ3) is 2.46. The lowest BCUT2D eigenvalue weighted by Crippen LogP contribution is -2.28. The maximum Gasteiger partial charge on any atom is 0.178 e. The summed E-state index contributed by atoms with van der Waals surface area (Å²) < 4.78 is 0. The van der Waals surface area contributed by atoms with Gasteiger partial charge >= 0.3 is 0 Å². The van der Waals surface area contributed by atoms with Crippen LogP contribution in [0.1, 0.15) is 37.2 Å². The summed E-state index contributed by atoms with van der Waals surface area (Å²) >= 11 is 0. The van der Waals surface area contributed by atoms with Crippen LogP contribution in [-0.4, -0.2) is 17.2 Å². The Bertz CT molecular complexity index is 683. The zero-order valence-electron chi connectivity index (χ0n) is 12.2. The van der Waals surface area contributed by atoms with Crippen molar-refractivity contribution in [2.24, 2.45) is 21.6 Å². The molecular weight excluding hydrogens is 274 g/mol. The summed E-state index contributed by atoms with van der Waals surface area (Å²) in [7, 11) is 0. The number of aliphatic imine (C=N–C) groups is 2. The van der Waals surface area contributed by atoms with E-state index in [9.17, 15) is 0 Å². The minimum atomic E-state index is -0.921. The summed E-state index contributed by atoms with van der Waals surface area (Å²) in [5.41, 5.74) is 7.05. The van der Waals surface area contributed by atoms with Gasteiger partial charge in [-0.15, -0.1) is 0 Å². The quantitative estimate of drug-likeness (QED) is 0.906. The van der Waals surface area contributed by atoms with Crippen LogP contribution in [0.2, 0.25) is 0 Å². The van der Waals surface area contributed by atoms with E-state index in [1.807, 2.05) is 18.2 Å². The summed E-state index contributed by atoms with van der Waals surface area (Å²) in [5, 5.41) is 18.0. The van der Waals surface area contributed by atoms with Gasteiger partial charge in [0.25, 0.3) is 0 Å². The third-order valence-corrected chi connectivity index (χ3v) is 4.51. The van der Waals surface area contributed by atoms with Gasteiger partial charge in [-0.05, 0) is 37.2 Å². The number of hydrogen-bond donors (Lipinski definition) is 1. The van der Waals surface area contributed by atoms with Crippen LogP contribution in [-0.2, 0) is 0 Å². The fourth-order valence-corrected chi connectivity index (χ4v) is 3.31. The Kier molecular flexibility index (Phi) is 3.65. The Balaban J connectivity index is 1.77. The second-order valence-corrected chi connectivity index (χ2v) is 5.85. The summed E-state index contributed by atoms with van der Waals surface area (Å²) in [6.45, 7) is 0. The average molecular weight is 291 g/mol. The highest BCUT2D eigenvalue weighted by Crippen LogP contribution is 2.42. The fraction of sp³-hybridized carbons (Fsp3) is 0.412. The van der Waals surface area contributed by atoms with Crippen molar-refractivity contribution in [3.05, 3.63) is 35.9 Å². The molecule has 0 unspecified atom stereocenters. The SMILES string of the molecule is N#CC(C#N)C1=NC2(CCC(c3ccccc3)CC2)N=C1N. The molecule has 1 spiro atoms. The molecule has 0 bridgehead atoms. The number of benzene rings is 1. The van der Waals surface area contributed by atoms with E-state index in [4.69, 9.17) is 16.3 Å². The van der Waals surface area contributed by atoms with Crippen LogP contribution in [0, 0.1) is 28.6 Å². The molecule has 1 fully saturated rings. The van der Waals surface area contributed by atoms with Crippen LogP contribution in [0.3, 0.4) is 0 Å². The number of nitrogens with zero attached hydrogens (tertiary/aromatic N) is 4. The molecule has 0 saturated heterocycles. The van der Waals surface area contributed by atoms with Gasteiger partial charge < -0.3 is 5.73 Å². The van der Waals surface area contributed by atoms with Crippen molar-refractivity contribution in [3.8, 4) is 12.1 Å². The predicted octanol–water partition coefficient (Wildman–Crippen LogP) is 2.52. The van der Waals surface area contributed by atoms with Crippen molar-refractivity contribution in [2.45, 2.75) is 37.3 Å². The Morgan fingerprint density at radius 2 is 1.73 bits per heavy atom. The minimum Gasteiger partial charge on any atom is -0.382 e. The van der Waals surface area contributed by atoms with E-state index in [1.165, 1.54) is 5.56 Å². The topological polar surface area (TPSA) is 98.3 Å². The molecule has 1 heterocycles. The Morgan fingerprint density at radius 1 is 1.09 bits per heavy atom. The van der Waals surface area contributed by atoms with Crippen molar-refractivity contribution in [3.63, 3.8) is 0 Å². The molecule has 0 atom stereocenters. The first-order valence-corrected chi connectivity index (χ1v) is 7.47. The van der Waals surface area contributed by atoms with Crippen molar-refractivity contribution in [1.82, 2.24) is 0 Å². The van der Waals surface area contributed by atoms with Gasteiger partial charge in [-0.25, -0.2) is 4.99 Å². The Labute approximate surface area is 129 Å². The van der Waals surface area contributed by atoms with E-state index in [1.54, 1.807) is 0 Å². The Hall–Kier alpha value is -2.66. The first kappa shape index (κ1) is 14.3. The van der Waals surface area contributed by atoms with Crippen LogP contribution in [0.4, 0.5) is 0 Å². The van der Waals surface area contributed by atoms with E-state index in [0.29, 0.717) is 11.6 Å². The lowest BCUT2D eigenvalue weighted by molar-refractivity contribution is 0.290. The first-order chi connectivity index (χ1) is 10.7. The number of rotatable bonds is 2. The standard InChI is InChI=1S/C17H17N5/c18-10-14(11-19)15-16(20)22-17(21-15)8-6-13(7-9-17)12-4-2-1-3-5-12/h1-5,13-14H,6-9H2,(H2,20,22). The lowest BCUT2D eigenvalue weighted by atomic mass is 9.79. The maximum absolute atomic E-state index is 9.02. The molecule has 2 aliphatic rings. The van der Waals surface area contributed by atoms with E-state index >= 15 is 0 Å². The highest BCUT2D eigenvalue weighted by molar-refractivity contribution is 6.44. The molecule has 5 nitrogen and oxygen atoms in total. The average Bonchev–Trinajstić information content (AvgIpc) is 2.87. The van der Waals surface area contributed by atoms with Gasteiger partial charge in [0.05, 0.1) is 12.1 Å². The molecule has 1 aliphatic carbocycles. The predicted molar refractivity (Wildman–Crippen MR) is 84.2 cm³/mol. The highest BCUT2D eigenvalue weighted by Gasteiger charge is 2.41. The number of amidine groups is 1. The van der Waals surface area contributed by atoms with E-state index in [-0.39, 0.29) is 5.84 Å². The van der Waals surface area contributed by atoms with Gasteiger partial charge in [0.1, 0.15) is 11.5 Å². The maximum atomic E-state index is 9.02. The smallest absolute Gasteiger partial charge is 0.178 e. The van der Waals surface area contributed by atoms with Crippen LogP contribution >= 0.6 is 0 Å². The molecule has 1 aromatic rings. The molecule has 1 aliphatic heterocycles. The molecule has 0 aromatic heterocycles. The number of nitriles is 2. The van der Waals surface area contributed by atoms with Gasteiger partial charge in [0.2, 0.25) is 0 Å². The minimum absolute atomic E-state index is 0.256. The summed E-state index contributed by atoms with van der Waals surface area (Å²) in [6, 6.07) is 14.3. The van der Waals surface area contributed by atoms with Gasteiger partial charge in [-0.1, -0.05) is 30.3 Å². The molecule has 110 valence electrons. The molecule has 0 amide bonds. The number of nitrogens with two attached hydrogens (primary N) is 1. The van der Waals surface area contributed by atoms with Crippen molar-refractivity contribution < 1.29 is 0 Å². The second kappa shape index (κ2) is 5.61. The van der Waals surface area contributed by atoms with Crippen LogP contribution in [0.25, 0.3) is 0 Å². The van der Waals surface area contributed by atoms with Gasteiger partial charge in [-0.3, -0.25) is 4.99 Å². The summed E-state index contributed by atoms with van der Waals surface area (Å²) in [6.07, 6.45) is 3.59. The summed E-state index contributed by atoms with van der Waals surface area (Å²) in [5.74, 6) is -0.147. The Morgan fingerprint density at radius 3 is 2.32 bits per heavy atom. The molecule has 5 heteroatoms. The fourth-order valence-electron chi connectivity index (χ4n) is 3.31. The number of hydrogen-bond acceptors (Lipinski definition) is 5. The third-order valence-electron chi connectivity index (χ3n) is 4.51. The van der Waals surface area contributed by atoms with Gasteiger partial charge in [0.15, 0.2) is 11.6 Å². The van der Waals surface area contributed by atoms with Crippen molar-refractivity contribution in [2.75, 3.05) is 0 Å². The van der Waals surface area contributed by atoms with Crippen molar-refractivity contribution >= 4 is 11.5 Å². The molecule has 22 heavy (non-hydrogen) atoms. The molecule has 1 saturated carbocycles. The molecular formula is C17H17N5. The van der Waals surface area contributed by atoms with Crippen LogP contribution < -0.4 is 5.73 Å². The highest BCUT2D eigenvalue weighted by atomic mass is 15.2. The normalized spacial score (nSPS) is 27.1. The van der Waals surface area contributed by atoms with E-state index < -0.39 is 11.6 Å².